The number of thiophene rings is 1. The van der Waals surface area contributed by atoms with Crippen LogP contribution in [0.15, 0.2) is 73.8 Å². The maximum atomic E-state index is 10.8. The SMILES string of the molecule is O=[N+]([O-])c1ccc(C=Nn2c(-c3cccs3)csc2=Nc2ccccc2Cl)o1. The number of aromatic nitrogens is 1. The molecule has 4 rings (SSSR count). The van der Waals surface area contributed by atoms with Crippen LogP contribution in [0.1, 0.15) is 5.76 Å². The summed E-state index contributed by atoms with van der Waals surface area (Å²) in [5.74, 6) is -0.0672. The first kappa shape index (κ1) is 18.4. The van der Waals surface area contributed by atoms with Gasteiger partial charge in [-0.3, -0.25) is 10.1 Å². The minimum Gasteiger partial charge on any atom is -0.400 e. The third-order valence-corrected chi connectivity index (χ3v) is 5.65. The van der Waals surface area contributed by atoms with E-state index in [1.807, 2.05) is 41.1 Å². The molecule has 1 aromatic carbocycles. The summed E-state index contributed by atoms with van der Waals surface area (Å²) in [5, 5.41) is 19.7. The van der Waals surface area contributed by atoms with E-state index in [0.717, 1.165) is 10.6 Å². The summed E-state index contributed by atoms with van der Waals surface area (Å²) in [7, 11) is 0. The van der Waals surface area contributed by atoms with E-state index in [-0.39, 0.29) is 11.6 Å². The lowest BCUT2D eigenvalue weighted by Crippen LogP contribution is -2.11. The minimum absolute atomic E-state index is 0.270. The van der Waals surface area contributed by atoms with Crippen molar-refractivity contribution in [2.24, 2.45) is 10.1 Å². The van der Waals surface area contributed by atoms with Crippen LogP contribution in [0.4, 0.5) is 11.6 Å². The highest BCUT2D eigenvalue weighted by atomic mass is 35.5. The highest BCUT2D eigenvalue weighted by Gasteiger charge is 2.12. The van der Waals surface area contributed by atoms with Crippen molar-refractivity contribution in [1.82, 2.24) is 4.68 Å². The highest BCUT2D eigenvalue weighted by molar-refractivity contribution is 7.14. The maximum absolute atomic E-state index is 10.8. The first-order chi connectivity index (χ1) is 13.6. The molecule has 0 aliphatic carbocycles. The molecule has 0 spiro atoms. The molecule has 3 heterocycles. The summed E-state index contributed by atoms with van der Waals surface area (Å²) in [4.78, 5) is 16.4. The monoisotopic (exact) mass is 430 g/mol. The molecule has 0 N–H and O–H groups in total. The van der Waals surface area contributed by atoms with Crippen LogP contribution in [0.3, 0.4) is 0 Å². The van der Waals surface area contributed by atoms with Gasteiger partial charge in [-0.1, -0.05) is 29.8 Å². The number of rotatable bonds is 5. The van der Waals surface area contributed by atoms with E-state index in [0.29, 0.717) is 15.5 Å². The standard InChI is InChI=1S/C18H11ClN4O3S2/c19-13-4-1-2-5-14(13)21-18-22(15(11-28-18)16-6-3-9-27-16)20-10-12-7-8-17(26-12)23(24)25/h1-11H. The van der Waals surface area contributed by atoms with Gasteiger partial charge >= 0.3 is 5.88 Å². The number of furan rings is 1. The Morgan fingerprint density at radius 2 is 2.00 bits per heavy atom. The average molecular weight is 431 g/mol. The van der Waals surface area contributed by atoms with Crippen molar-refractivity contribution in [2.75, 3.05) is 0 Å². The molecule has 0 fully saturated rings. The van der Waals surface area contributed by atoms with E-state index in [2.05, 4.69) is 10.1 Å². The van der Waals surface area contributed by atoms with Gasteiger partial charge in [0.25, 0.3) is 0 Å². The predicted octanol–water partition coefficient (Wildman–Crippen LogP) is 5.55. The number of para-hydroxylation sites is 1. The number of nitro groups is 1. The summed E-state index contributed by atoms with van der Waals surface area (Å²) < 4.78 is 6.80. The Morgan fingerprint density at radius 3 is 2.71 bits per heavy atom. The molecule has 0 saturated heterocycles. The van der Waals surface area contributed by atoms with Crippen LogP contribution in [-0.4, -0.2) is 15.8 Å². The van der Waals surface area contributed by atoms with Crippen molar-refractivity contribution in [3.05, 3.63) is 85.0 Å². The molecule has 3 aromatic heterocycles. The fourth-order valence-corrected chi connectivity index (χ4v) is 4.17. The van der Waals surface area contributed by atoms with E-state index in [4.69, 9.17) is 16.0 Å². The van der Waals surface area contributed by atoms with Crippen LogP contribution in [0.5, 0.6) is 0 Å². The van der Waals surface area contributed by atoms with Gasteiger partial charge in [0.05, 0.1) is 33.6 Å². The van der Waals surface area contributed by atoms with Crippen molar-refractivity contribution in [1.29, 1.82) is 0 Å². The molecular weight excluding hydrogens is 420 g/mol. The van der Waals surface area contributed by atoms with Crippen LogP contribution in [0.25, 0.3) is 10.6 Å². The molecule has 0 amide bonds. The summed E-state index contributed by atoms with van der Waals surface area (Å²) in [6, 6.07) is 14.0. The third-order valence-electron chi connectivity index (χ3n) is 3.62. The number of hydrogen-bond acceptors (Lipinski definition) is 7. The molecule has 0 bridgehead atoms. The molecule has 140 valence electrons. The first-order valence-corrected chi connectivity index (χ1v) is 10.1. The predicted molar refractivity (Wildman–Crippen MR) is 111 cm³/mol. The number of nitrogens with zero attached hydrogens (tertiary/aromatic N) is 4. The van der Waals surface area contributed by atoms with Crippen molar-refractivity contribution in [3.8, 4) is 10.6 Å². The lowest BCUT2D eigenvalue weighted by molar-refractivity contribution is -0.402. The largest absolute Gasteiger partial charge is 0.433 e. The Morgan fingerprint density at radius 1 is 1.14 bits per heavy atom. The Kier molecular flexibility index (Phi) is 5.20. The van der Waals surface area contributed by atoms with Crippen LogP contribution < -0.4 is 4.80 Å². The van der Waals surface area contributed by atoms with E-state index in [9.17, 15) is 10.1 Å². The summed E-state index contributed by atoms with van der Waals surface area (Å²) >= 11 is 9.21. The molecule has 4 aromatic rings. The zero-order chi connectivity index (χ0) is 19.5. The van der Waals surface area contributed by atoms with Gasteiger partial charge in [0, 0.05) is 5.38 Å². The lowest BCUT2D eigenvalue weighted by Gasteiger charge is -2.01. The van der Waals surface area contributed by atoms with Gasteiger partial charge in [-0.15, -0.1) is 22.7 Å². The number of halogens is 1. The number of hydrogen-bond donors (Lipinski definition) is 0. The molecule has 10 heteroatoms. The van der Waals surface area contributed by atoms with Crippen molar-refractivity contribution < 1.29 is 9.34 Å². The lowest BCUT2D eigenvalue weighted by atomic mass is 10.3. The van der Waals surface area contributed by atoms with Crippen molar-refractivity contribution in [3.63, 3.8) is 0 Å². The molecule has 0 radical (unpaired) electrons. The van der Waals surface area contributed by atoms with E-state index in [1.165, 1.54) is 29.7 Å². The third kappa shape index (κ3) is 3.81. The summed E-state index contributed by atoms with van der Waals surface area (Å²) in [5.41, 5.74) is 1.48. The van der Waals surface area contributed by atoms with Gasteiger partial charge in [-0.05, 0) is 29.6 Å². The molecule has 0 aliphatic rings. The zero-order valence-electron chi connectivity index (χ0n) is 14.1. The second-order valence-corrected chi connectivity index (χ2v) is 7.62. The Balaban J connectivity index is 1.81. The smallest absolute Gasteiger partial charge is 0.400 e. The van der Waals surface area contributed by atoms with Crippen LogP contribution in [0, 0.1) is 10.1 Å². The maximum Gasteiger partial charge on any atom is 0.433 e. The quantitative estimate of drug-likeness (QED) is 0.236. The topological polar surface area (TPSA) is 85.9 Å². The summed E-state index contributed by atoms with van der Waals surface area (Å²) in [6.07, 6.45) is 1.42. The molecule has 28 heavy (non-hydrogen) atoms. The van der Waals surface area contributed by atoms with Gasteiger partial charge in [0.1, 0.15) is 4.92 Å². The van der Waals surface area contributed by atoms with Gasteiger partial charge in [0.2, 0.25) is 4.80 Å². The second-order valence-electron chi connectivity index (χ2n) is 5.43. The second kappa shape index (κ2) is 7.93. The highest BCUT2D eigenvalue weighted by Crippen LogP contribution is 2.27. The Bertz CT molecular complexity index is 1220. The molecule has 0 atom stereocenters. The fourth-order valence-electron chi connectivity index (χ4n) is 2.35. The first-order valence-electron chi connectivity index (χ1n) is 7.94. The average Bonchev–Trinajstić information content (AvgIpc) is 3.42. The Labute approximate surface area is 171 Å². The van der Waals surface area contributed by atoms with Gasteiger partial charge in [0.15, 0.2) is 5.76 Å². The van der Waals surface area contributed by atoms with Gasteiger partial charge < -0.3 is 4.42 Å². The van der Waals surface area contributed by atoms with Crippen LogP contribution in [-0.2, 0) is 0 Å². The van der Waals surface area contributed by atoms with Gasteiger partial charge in [-0.25, -0.2) is 9.67 Å². The molecule has 0 aliphatic heterocycles. The molecule has 0 saturated carbocycles. The minimum atomic E-state index is -0.593. The van der Waals surface area contributed by atoms with E-state index < -0.39 is 4.92 Å². The fraction of sp³-hybridized carbons (Fsp3) is 0. The summed E-state index contributed by atoms with van der Waals surface area (Å²) in [6.45, 7) is 0. The molecular formula is C18H11ClN4O3S2. The number of thiazole rings is 1. The van der Waals surface area contributed by atoms with E-state index >= 15 is 0 Å². The van der Waals surface area contributed by atoms with Crippen LogP contribution in [0.2, 0.25) is 5.02 Å². The number of benzene rings is 1. The molecule has 0 unspecified atom stereocenters. The zero-order valence-corrected chi connectivity index (χ0v) is 16.4. The van der Waals surface area contributed by atoms with Crippen molar-refractivity contribution >= 4 is 52.1 Å². The molecule has 7 nitrogen and oxygen atoms in total. The van der Waals surface area contributed by atoms with Gasteiger partial charge in [-0.2, -0.15) is 5.10 Å². The van der Waals surface area contributed by atoms with Crippen LogP contribution >= 0.6 is 34.3 Å². The normalized spacial score (nSPS) is 12.1. The van der Waals surface area contributed by atoms with E-state index in [1.54, 1.807) is 22.1 Å². The van der Waals surface area contributed by atoms with Crippen molar-refractivity contribution in [2.45, 2.75) is 0 Å². The Hall–Kier alpha value is -3.01.